The summed E-state index contributed by atoms with van der Waals surface area (Å²) in [7, 11) is -0.0187. The van der Waals surface area contributed by atoms with Crippen molar-refractivity contribution >= 4 is 13.2 Å². The van der Waals surface area contributed by atoms with Crippen LogP contribution in [0.2, 0.25) is 0 Å². The van der Waals surface area contributed by atoms with Crippen LogP contribution in [0.3, 0.4) is 0 Å². The lowest BCUT2D eigenvalue weighted by molar-refractivity contribution is 0.730. The molecular weight excluding hydrogens is 237 g/mol. The Morgan fingerprint density at radius 2 is 1.50 bits per heavy atom. The second-order valence-electron chi connectivity index (χ2n) is 4.42. The Morgan fingerprint density at radius 3 is 2.17 bits per heavy atom. The minimum absolute atomic E-state index is 0.0187. The van der Waals surface area contributed by atoms with E-state index in [0.29, 0.717) is 0 Å². The van der Waals surface area contributed by atoms with Crippen molar-refractivity contribution in [1.29, 1.82) is 0 Å². The van der Waals surface area contributed by atoms with Crippen LogP contribution in [-0.2, 0) is 6.54 Å². The Bertz CT molecular complexity index is 441. The van der Waals surface area contributed by atoms with Gasteiger partial charge in [0.25, 0.3) is 0 Å². The van der Waals surface area contributed by atoms with Crippen molar-refractivity contribution in [2.75, 3.05) is 19.4 Å². The molecule has 2 aromatic rings. The van der Waals surface area contributed by atoms with Crippen LogP contribution >= 0.6 is 7.92 Å². The molecule has 2 aromatic carbocycles. The molecular formula is C16H20NP. The molecule has 0 radical (unpaired) electrons. The summed E-state index contributed by atoms with van der Waals surface area (Å²) in [6.45, 7) is 4.42. The summed E-state index contributed by atoms with van der Waals surface area (Å²) >= 11 is 0. The third-order valence-corrected chi connectivity index (χ3v) is 5.07. The highest BCUT2D eigenvalue weighted by molar-refractivity contribution is 7.64. The Morgan fingerprint density at radius 1 is 0.889 bits per heavy atom. The van der Waals surface area contributed by atoms with Crippen LogP contribution in [0.15, 0.2) is 60.7 Å². The van der Waals surface area contributed by atoms with E-state index in [2.05, 4.69) is 72.6 Å². The number of hydrogen-bond donors (Lipinski definition) is 1. The van der Waals surface area contributed by atoms with E-state index >= 15 is 0 Å². The zero-order valence-corrected chi connectivity index (χ0v) is 11.7. The van der Waals surface area contributed by atoms with Gasteiger partial charge in [-0.15, -0.1) is 0 Å². The molecule has 2 heteroatoms. The predicted molar refractivity (Wildman–Crippen MR) is 81.9 cm³/mol. The van der Waals surface area contributed by atoms with Gasteiger partial charge in [0.2, 0.25) is 0 Å². The molecule has 2 rings (SSSR count). The van der Waals surface area contributed by atoms with Crippen LogP contribution in [0.4, 0.5) is 0 Å². The first-order valence-electron chi connectivity index (χ1n) is 6.37. The fourth-order valence-corrected chi connectivity index (χ4v) is 3.32. The van der Waals surface area contributed by atoms with Gasteiger partial charge in [0.15, 0.2) is 0 Å². The fraction of sp³-hybridized carbons (Fsp3) is 0.250. The minimum Gasteiger partial charge on any atom is -0.312 e. The Balaban J connectivity index is 1.70. The quantitative estimate of drug-likeness (QED) is 0.619. The SMILES string of the molecule is CP(CCNCc1ccccc1)c1ccccc1. The molecule has 0 bridgehead atoms. The lowest BCUT2D eigenvalue weighted by Gasteiger charge is -2.13. The molecule has 1 atom stereocenters. The number of benzene rings is 2. The summed E-state index contributed by atoms with van der Waals surface area (Å²) in [5, 5.41) is 5.01. The van der Waals surface area contributed by atoms with Crippen LogP contribution in [0, 0.1) is 0 Å². The maximum atomic E-state index is 3.52. The predicted octanol–water partition coefficient (Wildman–Crippen LogP) is 3.21. The van der Waals surface area contributed by atoms with Crippen molar-refractivity contribution in [3.8, 4) is 0 Å². The van der Waals surface area contributed by atoms with Gasteiger partial charge in [0.1, 0.15) is 0 Å². The van der Waals surface area contributed by atoms with Crippen LogP contribution < -0.4 is 10.6 Å². The molecule has 0 aliphatic carbocycles. The van der Waals surface area contributed by atoms with Crippen LogP contribution in [0.25, 0.3) is 0 Å². The highest BCUT2D eigenvalue weighted by atomic mass is 31.1. The Kier molecular flexibility index (Phi) is 5.38. The summed E-state index contributed by atoms with van der Waals surface area (Å²) in [5.41, 5.74) is 1.36. The van der Waals surface area contributed by atoms with E-state index in [1.807, 2.05) is 0 Å². The molecule has 0 heterocycles. The average Bonchev–Trinajstić information content (AvgIpc) is 2.45. The van der Waals surface area contributed by atoms with Gasteiger partial charge in [-0.05, 0) is 30.2 Å². The Hall–Kier alpha value is -1.17. The van der Waals surface area contributed by atoms with E-state index < -0.39 is 0 Å². The fourth-order valence-electron chi connectivity index (χ4n) is 1.89. The lowest BCUT2D eigenvalue weighted by atomic mass is 10.2. The van der Waals surface area contributed by atoms with Gasteiger partial charge in [0, 0.05) is 6.54 Å². The second kappa shape index (κ2) is 7.31. The van der Waals surface area contributed by atoms with E-state index in [4.69, 9.17) is 0 Å². The van der Waals surface area contributed by atoms with Gasteiger partial charge in [-0.3, -0.25) is 0 Å². The Labute approximate surface area is 111 Å². The lowest BCUT2D eigenvalue weighted by Crippen LogP contribution is -2.18. The highest BCUT2D eigenvalue weighted by Gasteiger charge is 2.02. The van der Waals surface area contributed by atoms with Gasteiger partial charge in [0.05, 0.1) is 0 Å². The van der Waals surface area contributed by atoms with Crippen molar-refractivity contribution in [2.24, 2.45) is 0 Å². The van der Waals surface area contributed by atoms with Crippen molar-refractivity contribution < 1.29 is 0 Å². The monoisotopic (exact) mass is 257 g/mol. The first-order valence-corrected chi connectivity index (χ1v) is 8.34. The largest absolute Gasteiger partial charge is 0.312 e. The van der Waals surface area contributed by atoms with E-state index in [9.17, 15) is 0 Å². The molecule has 94 valence electrons. The topological polar surface area (TPSA) is 12.0 Å². The van der Waals surface area contributed by atoms with Gasteiger partial charge < -0.3 is 5.32 Å². The summed E-state index contributed by atoms with van der Waals surface area (Å²) < 4.78 is 0. The zero-order valence-electron chi connectivity index (χ0n) is 10.8. The molecule has 18 heavy (non-hydrogen) atoms. The molecule has 0 amide bonds. The van der Waals surface area contributed by atoms with Crippen molar-refractivity contribution in [2.45, 2.75) is 6.54 Å². The highest BCUT2D eigenvalue weighted by Crippen LogP contribution is 2.27. The van der Waals surface area contributed by atoms with Crippen molar-refractivity contribution in [3.05, 3.63) is 66.2 Å². The summed E-state index contributed by atoms with van der Waals surface area (Å²) in [4.78, 5) is 0. The van der Waals surface area contributed by atoms with E-state index in [-0.39, 0.29) is 7.92 Å². The molecule has 0 aliphatic rings. The summed E-state index contributed by atoms with van der Waals surface area (Å²) in [5.74, 6) is 0. The molecule has 0 aromatic heterocycles. The minimum atomic E-state index is -0.0187. The summed E-state index contributed by atoms with van der Waals surface area (Å²) in [6, 6.07) is 21.4. The van der Waals surface area contributed by atoms with Gasteiger partial charge in [-0.1, -0.05) is 68.6 Å². The molecule has 0 saturated heterocycles. The summed E-state index contributed by atoms with van der Waals surface area (Å²) in [6.07, 6.45) is 1.24. The zero-order chi connectivity index (χ0) is 12.6. The van der Waals surface area contributed by atoms with Gasteiger partial charge in [-0.25, -0.2) is 0 Å². The van der Waals surface area contributed by atoms with E-state index in [1.54, 1.807) is 0 Å². The standard InChI is InChI=1S/C16H20NP/c1-18(16-10-6-3-7-11-16)13-12-17-14-15-8-4-2-5-9-15/h2-11,17H,12-14H2,1H3. The molecule has 0 fully saturated rings. The molecule has 0 saturated carbocycles. The first-order chi connectivity index (χ1) is 8.86. The first kappa shape index (κ1) is 13.3. The second-order valence-corrected chi connectivity index (χ2v) is 6.78. The van der Waals surface area contributed by atoms with Crippen LogP contribution in [0.5, 0.6) is 0 Å². The molecule has 0 aliphatic heterocycles. The molecule has 1 N–H and O–H groups in total. The maximum absolute atomic E-state index is 3.52. The van der Waals surface area contributed by atoms with E-state index in [1.165, 1.54) is 17.0 Å². The third-order valence-electron chi connectivity index (χ3n) is 2.99. The average molecular weight is 257 g/mol. The van der Waals surface area contributed by atoms with Gasteiger partial charge in [-0.2, -0.15) is 0 Å². The van der Waals surface area contributed by atoms with Crippen molar-refractivity contribution in [1.82, 2.24) is 5.32 Å². The van der Waals surface area contributed by atoms with Crippen molar-refractivity contribution in [3.63, 3.8) is 0 Å². The molecule has 1 nitrogen and oxygen atoms in total. The van der Waals surface area contributed by atoms with Crippen LogP contribution in [0.1, 0.15) is 5.56 Å². The number of nitrogens with one attached hydrogen (secondary N) is 1. The number of rotatable bonds is 6. The smallest absolute Gasteiger partial charge is 0.0205 e. The number of hydrogen-bond acceptors (Lipinski definition) is 1. The molecule has 0 spiro atoms. The normalized spacial score (nSPS) is 12.3. The van der Waals surface area contributed by atoms with E-state index in [0.717, 1.165) is 13.1 Å². The maximum Gasteiger partial charge on any atom is 0.0205 e. The van der Waals surface area contributed by atoms with Crippen LogP contribution in [-0.4, -0.2) is 19.4 Å². The van der Waals surface area contributed by atoms with Gasteiger partial charge >= 0.3 is 0 Å². The molecule has 1 unspecified atom stereocenters. The third kappa shape index (κ3) is 4.25.